The number of unbranched alkanes of at least 4 members (excludes halogenated alkanes) is 37. The van der Waals surface area contributed by atoms with Gasteiger partial charge in [0, 0.05) is 6.54 Å². The Bertz CT molecular complexity index is 523. The van der Waals surface area contributed by atoms with Gasteiger partial charge in [0.05, 0.1) is 0 Å². The number of nitrogens with one attached hydrogen (secondary N) is 1. The predicted molar refractivity (Wildman–Crippen MR) is 197 cm³/mol. The molecule has 0 aromatic carbocycles. The molecule has 0 aliphatic heterocycles. The van der Waals surface area contributed by atoms with Gasteiger partial charge in [-0.25, -0.2) is 4.79 Å². The van der Waals surface area contributed by atoms with Gasteiger partial charge in [-0.1, -0.05) is 244 Å². The number of carbonyl (C=O) groups is 1. The van der Waals surface area contributed by atoms with E-state index in [4.69, 9.17) is 5.11 Å². The molecule has 264 valence electrons. The molecule has 0 aliphatic rings. The molecule has 3 nitrogen and oxygen atoms in total. The summed E-state index contributed by atoms with van der Waals surface area (Å²) >= 11 is 0. The first-order chi connectivity index (χ1) is 21.8. The van der Waals surface area contributed by atoms with E-state index in [0.717, 1.165) is 12.8 Å². The first-order valence-corrected chi connectivity index (χ1v) is 20.7. The van der Waals surface area contributed by atoms with Crippen molar-refractivity contribution in [2.24, 2.45) is 0 Å². The summed E-state index contributed by atoms with van der Waals surface area (Å²) in [5, 5.41) is 11.0. The molecule has 0 aromatic heterocycles. The van der Waals surface area contributed by atoms with Crippen molar-refractivity contribution in [3.8, 4) is 0 Å². The van der Waals surface area contributed by atoms with E-state index in [1.165, 1.54) is 231 Å². The van der Waals surface area contributed by atoms with E-state index in [2.05, 4.69) is 12.2 Å². The third-order valence-electron chi connectivity index (χ3n) is 9.81. The Hall–Kier alpha value is -0.730. The van der Waals surface area contributed by atoms with Gasteiger partial charge in [-0.05, 0) is 6.42 Å². The maximum Gasteiger partial charge on any atom is 0.404 e. The standard InChI is InChI=1S/C41H83NO2/c1-2-3-4-5-6-7-8-9-10-11-12-13-14-15-16-17-18-19-20-21-22-23-24-25-26-27-28-29-30-31-32-33-34-35-36-37-38-39-40-42-41(43)44/h42H,2-40H2,1H3,(H,43,44). The molecule has 0 aliphatic carbocycles. The summed E-state index contributed by atoms with van der Waals surface area (Å²) in [5.41, 5.74) is 0. The second kappa shape index (κ2) is 40.3. The molecule has 0 heterocycles. The summed E-state index contributed by atoms with van der Waals surface area (Å²) in [7, 11) is 0. The normalized spacial score (nSPS) is 11.4. The van der Waals surface area contributed by atoms with Gasteiger partial charge in [-0.3, -0.25) is 0 Å². The van der Waals surface area contributed by atoms with Gasteiger partial charge in [0.15, 0.2) is 0 Å². The van der Waals surface area contributed by atoms with E-state index in [1.54, 1.807) is 0 Å². The SMILES string of the molecule is CCCCCCCCCCCCCCCCCCCCCCCCCCCCCCCCCCCCCCCCNC(=O)O. The summed E-state index contributed by atoms with van der Waals surface area (Å²) in [6.45, 7) is 2.91. The van der Waals surface area contributed by atoms with Crippen molar-refractivity contribution in [3.05, 3.63) is 0 Å². The average molecular weight is 622 g/mol. The van der Waals surface area contributed by atoms with Gasteiger partial charge < -0.3 is 10.4 Å². The van der Waals surface area contributed by atoms with Crippen LogP contribution in [-0.2, 0) is 0 Å². The van der Waals surface area contributed by atoms with Crippen LogP contribution in [0.25, 0.3) is 0 Å². The zero-order valence-corrected chi connectivity index (χ0v) is 30.4. The molecule has 0 atom stereocenters. The topological polar surface area (TPSA) is 49.3 Å². The van der Waals surface area contributed by atoms with Crippen LogP contribution >= 0.6 is 0 Å². The second-order valence-corrected chi connectivity index (χ2v) is 14.3. The van der Waals surface area contributed by atoms with Gasteiger partial charge in [-0.15, -0.1) is 0 Å². The van der Waals surface area contributed by atoms with Crippen molar-refractivity contribution < 1.29 is 9.90 Å². The first kappa shape index (κ1) is 43.3. The Morgan fingerprint density at radius 2 is 0.477 bits per heavy atom. The number of rotatable bonds is 39. The first-order valence-electron chi connectivity index (χ1n) is 20.7. The van der Waals surface area contributed by atoms with Crippen LogP contribution in [0.2, 0.25) is 0 Å². The average Bonchev–Trinajstić information content (AvgIpc) is 3.02. The maximum atomic E-state index is 10.4. The summed E-state index contributed by atoms with van der Waals surface area (Å²) < 4.78 is 0. The van der Waals surface area contributed by atoms with Crippen LogP contribution < -0.4 is 5.32 Å². The molecular weight excluding hydrogens is 538 g/mol. The fraction of sp³-hybridized carbons (Fsp3) is 0.976. The van der Waals surface area contributed by atoms with Crippen LogP contribution in [-0.4, -0.2) is 17.7 Å². The number of hydrogen-bond acceptors (Lipinski definition) is 1. The molecule has 0 saturated carbocycles. The molecule has 44 heavy (non-hydrogen) atoms. The lowest BCUT2D eigenvalue weighted by Crippen LogP contribution is -2.21. The molecule has 0 saturated heterocycles. The van der Waals surface area contributed by atoms with E-state index in [1.807, 2.05) is 0 Å². The van der Waals surface area contributed by atoms with E-state index in [9.17, 15) is 4.79 Å². The molecule has 0 fully saturated rings. The largest absolute Gasteiger partial charge is 0.465 e. The molecule has 0 spiro atoms. The lowest BCUT2D eigenvalue weighted by atomic mass is 10.0. The van der Waals surface area contributed by atoms with Crippen molar-refractivity contribution in [3.63, 3.8) is 0 Å². The minimum absolute atomic E-state index is 0.606. The second-order valence-electron chi connectivity index (χ2n) is 14.3. The van der Waals surface area contributed by atoms with E-state index >= 15 is 0 Å². The Kier molecular flexibility index (Phi) is 39.6. The molecule has 3 heteroatoms. The summed E-state index contributed by atoms with van der Waals surface area (Å²) in [6, 6.07) is 0. The lowest BCUT2D eigenvalue weighted by molar-refractivity contribution is 0.194. The van der Waals surface area contributed by atoms with Crippen LogP contribution in [0.4, 0.5) is 4.79 Å². The number of amides is 1. The summed E-state index contributed by atoms with van der Waals surface area (Å²) in [6.07, 6.45) is 53.4. The molecule has 0 radical (unpaired) electrons. The lowest BCUT2D eigenvalue weighted by Gasteiger charge is -2.05. The van der Waals surface area contributed by atoms with Crippen LogP contribution in [0.1, 0.15) is 251 Å². The Morgan fingerprint density at radius 3 is 0.636 bits per heavy atom. The fourth-order valence-corrected chi connectivity index (χ4v) is 6.76. The van der Waals surface area contributed by atoms with Crippen LogP contribution in [0.3, 0.4) is 0 Å². The Labute approximate surface area is 278 Å². The predicted octanol–water partition coefficient (Wildman–Crippen LogP) is 15.1. The Balaban J connectivity index is 3.04. The quantitative estimate of drug-likeness (QED) is 0.0671. The highest BCUT2D eigenvalue weighted by atomic mass is 16.4. The van der Waals surface area contributed by atoms with Gasteiger partial charge >= 0.3 is 6.09 Å². The highest BCUT2D eigenvalue weighted by molar-refractivity contribution is 5.64. The smallest absolute Gasteiger partial charge is 0.404 e. The molecule has 0 unspecified atom stereocenters. The fourth-order valence-electron chi connectivity index (χ4n) is 6.76. The maximum absolute atomic E-state index is 10.4. The van der Waals surface area contributed by atoms with Crippen LogP contribution in [0.15, 0.2) is 0 Å². The zero-order valence-electron chi connectivity index (χ0n) is 30.4. The molecule has 1 amide bonds. The van der Waals surface area contributed by atoms with Crippen molar-refractivity contribution in [1.29, 1.82) is 0 Å². The molecule has 0 rings (SSSR count). The van der Waals surface area contributed by atoms with Crippen molar-refractivity contribution >= 4 is 6.09 Å². The van der Waals surface area contributed by atoms with Crippen LogP contribution in [0.5, 0.6) is 0 Å². The van der Waals surface area contributed by atoms with Crippen molar-refractivity contribution in [2.45, 2.75) is 251 Å². The third kappa shape index (κ3) is 41.3. The Morgan fingerprint density at radius 1 is 0.318 bits per heavy atom. The van der Waals surface area contributed by atoms with E-state index in [0.29, 0.717) is 6.54 Å². The molecule has 0 aromatic rings. The highest BCUT2D eigenvalue weighted by Crippen LogP contribution is 2.17. The van der Waals surface area contributed by atoms with Crippen molar-refractivity contribution in [2.75, 3.05) is 6.54 Å². The molecular formula is C41H83NO2. The summed E-state index contributed by atoms with van der Waals surface area (Å²) in [5.74, 6) is 0. The zero-order chi connectivity index (χ0) is 31.9. The number of carboxylic acid groups (broad SMARTS) is 1. The van der Waals surface area contributed by atoms with Gasteiger partial charge in [0.25, 0.3) is 0 Å². The minimum atomic E-state index is -0.897. The highest BCUT2D eigenvalue weighted by Gasteiger charge is 1.98. The van der Waals surface area contributed by atoms with Crippen molar-refractivity contribution in [1.82, 2.24) is 5.32 Å². The minimum Gasteiger partial charge on any atom is -0.465 e. The van der Waals surface area contributed by atoms with Gasteiger partial charge in [-0.2, -0.15) is 0 Å². The monoisotopic (exact) mass is 622 g/mol. The number of hydrogen-bond donors (Lipinski definition) is 2. The third-order valence-corrected chi connectivity index (χ3v) is 9.81. The van der Waals surface area contributed by atoms with Gasteiger partial charge in [0.1, 0.15) is 0 Å². The van der Waals surface area contributed by atoms with Gasteiger partial charge in [0.2, 0.25) is 0 Å². The van der Waals surface area contributed by atoms with E-state index < -0.39 is 6.09 Å². The molecule has 2 N–H and O–H groups in total. The van der Waals surface area contributed by atoms with E-state index in [-0.39, 0.29) is 0 Å². The molecule has 0 bridgehead atoms. The van der Waals surface area contributed by atoms with Crippen LogP contribution in [0, 0.1) is 0 Å². The summed E-state index contributed by atoms with van der Waals surface area (Å²) in [4.78, 5) is 10.4.